The highest BCUT2D eigenvalue weighted by Gasteiger charge is 2.04. The summed E-state index contributed by atoms with van der Waals surface area (Å²) >= 11 is 0. The third-order valence-electron chi connectivity index (χ3n) is 3.05. The summed E-state index contributed by atoms with van der Waals surface area (Å²) < 4.78 is 0. The van der Waals surface area contributed by atoms with Crippen molar-refractivity contribution in [1.82, 2.24) is 9.97 Å². The Morgan fingerprint density at radius 2 is 1.25 bits per heavy atom. The molecule has 1 heterocycles. The molecule has 0 bridgehead atoms. The molecular weight excluding hydrogens is 248 g/mol. The summed E-state index contributed by atoms with van der Waals surface area (Å²) in [5, 5.41) is 0. The number of aromatic nitrogens is 2. The van der Waals surface area contributed by atoms with E-state index in [0.717, 1.165) is 16.8 Å². The van der Waals surface area contributed by atoms with Crippen LogP contribution in [0.1, 0.15) is 0 Å². The van der Waals surface area contributed by atoms with E-state index in [-0.39, 0.29) is 5.95 Å². The van der Waals surface area contributed by atoms with Crippen LogP contribution in [0.5, 0.6) is 0 Å². The van der Waals surface area contributed by atoms with Gasteiger partial charge in [0.2, 0.25) is 5.95 Å². The summed E-state index contributed by atoms with van der Waals surface area (Å²) in [5.41, 5.74) is 15.3. The van der Waals surface area contributed by atoms with Crippen molar-refractivity contribution in [2.45, 2.75) is 0 Å². The van der Waals surface area contributed by atoms with Crippen LogP contribution in [0.4, 0.5) is 11.8 Å². The second kappa shape index (κ2) is 5.01. The summed E-state index contributed by atoms with van der Waals surface area (Å²) in [6.45, 7) is 0. The van der Waals surface area contributed by atoms with Crippen LogP contribution in [0.2, 0.25) is 0 Å². The lowest BCUT2D eigenvalue weighted by Gasteiger charge is -2.05. The molecule has 0 saturated heterocycles. The van der Waals surface area contributed by atoms with Crippen LogP contribution in [0, 0.1) is 0 Å². The minimum atomic E-state index is 0.187. The second-order valence-corrected chi connectivity index (χ2v) is 4.48. The van der Waals surface area contributed by atoms with Gasteiger partial charge in [0, 0.05) is 11.6 Å². The van der Waals surface area contributed by atoms with Crippen molar-refractivity contribution in [3.05, 3.63) is 60.7 Å². The Balaban J connectivity index is 1.97. The molecular formula is C16H14N4. The van der Waals surface area contributed by atoms with Gasteiger partial charge >= 0.3 is 0 Å². The van der Waals surface area contributed by atoms with E-state index in [9.17, 15) is 0 Å². The maximum Gasteiger partial charge on any atom is 0.222 e. The van der Waals surface area contributed by atoms with Gasteiger partial charge in [-0.1, -0.05) is 54.6 Å². The molecule has 0 aliphatic rings. The first-order valence-electron chi connectivity index (χ1n) is 6.28. The first kappa shape index (κ1) is 12.2. The van der Waals surface area contributed by atoms with E-state index in [1.807, 2.05) is 30.3 Å². The monoisotopic (exact) mass is 262 g/mol. The molecule has 4 nitrogen and oxygen atoms in total. The number of hydrogen-bond acceptors (Lipinski definition) is 4. The van der Waals surface area contributed by atoms with Crippen molar-refractivity contribution in [1.29, 1.82) is 0 Å². The zero-order chi connectivity index (χ0) is 13.9. The molecule has 0 fully saturated rings. The van der Waals surface area contributed by atoms with E-state index in [4.69, 9.17) is 11.5 Å². The third kappa shape index (κ3) is 2.44. The van der Waals surface area contributed by atoms with E-state index < -0.39 is 0 Å². The third-order valence-corrected chi connectivity index (χ3v) is 3.05. The first-order valence-corrected chi connectivity index (χ1v) is 6.28. The van der Waals surface area contributed by atoms with Crippen LogP contribution < -0.4 is 11.5 Å². The quantitative estimate of drug-likeness (QED) is 0.744. The van der Waals surface area contributed by atoms with Crippen LogP contribution in [0.3, 0.4) is 0 Å². The maximum absolute atomic E-state index is 5.69. The Morgan fingerprint density at radius 3 is 1.90 bits per heavy atom. The van der Waals surface area contributed by atoms with Gasteiger partial charge in [-0.05, 0) is 11.1 Å². The van der Waals surface area contributed by atoms with Gasteiger partial charge in [-0.2, -0.15) is 4.98 Å². The van der Waals surface area contributed by atoms with Crippen LogP contribution in [0.15, 0.2) is 60.7 Å². The van der Waals surface area contributed by atoms with Gasteiger partial charge in [-0.15, -0.1) is 0 Å². The first-order chi connectivity index (χ1) is 9.72. The minimum Gasteiger partial charge on any atom is -0.384 e. The molecule has 0 saturated carbocycles. The lowest BCUT2D eigenvalue weighted by molar-refractivity contribution is 1.20. The molecule has 2 aromatic carbocycles. The van der Waals surface area contributed by atoms with Crippen molar-refractivity contribution in [3.8, 4) is 22.4 Å². The number of nitrogens with two attached hydrogens (primary N) is 2. The van der Waals surface area contributed by atoms with E-state index in [2.05, 4.69) is 34.2 Å². The van der Waals surface area contributed by atoms with Crippen molar-refractivity contribution in [2.24, 2.45) is 0 Å². The highest BCUT2D eigenvalue weighted by molar-refractivity contribution is 5.70. The summed E-state index contributed by atoms with van der Waals surface area (Å²) in [5.74, 6) is 0.562. The fraction of sp³-hybridized carbons (Fsp3) is 0. The highest BCUT2D eigenvalue weighted by Crippen LogP contribution is 2.24. The van der Waals surface area contributed by atoms with Crippen LogP contribution in [-0.4, -0.2) is 9.97 Å². The fourth-order valence-corrected chi connectivity index (χ4v) is 2.10. The van der Waals surface area contributed by atoms with E-state index in [1.165, 1.54) is 5.56 Å². The van der Waals surface area contributed by atoms with Gasteiger partial charge in [0.1, 0.15) is 5.82 Å². The van der Waals surface area contributed by atoms with Gasteiger partial charge in [-0.25, -0.2) is 4.98 Å². The van der Waals surface area contributed by atoms with Gasteiger partial charge in [0.15, 0.2) is 0 Å². The molecule has 98 valence electrons. The lowest BCUT2D eigenvalue weighted by atomic mass is 10.0. The standard InChI is InChI=1S/C16H14N4/c17-15-10-14(19-16(18)20-15)13-8-6-12(7-9-13)11-4-2-1-3-5-11/h1-10H,(H4,17,18,19,20). The molecule has 3 rings (SSSR count). The zero-order valence-electron chi connectivity index (χ0n) is 10.8. The Morgan fingerprint density at radius 1 is 0.650 bits per heavy atom. The summed E-state index contributed by atoms with van der Waals surface area (Å²) in [7, 11) is 0. The number of rotatable bonds is 2. The SMILES string of the molecule is Nc1cc(-c2ccc(-c3ccccc3)cc2)nc(N)n1. The molecule has 0 unspecified atom stereocenters. The molecule has 4 N–H and O–H groups in total. The predicted octanol–water partition coefficient (Wildman–Crippen LogP) is 2.98. The second-order valence-electron chi connectivity index (χ2n) is 4.48. The Bertz CT molecular complexity index is 701. The smallest absolute Gasteiger partial charge is 0.222 e. The van der Waals surface area contributed by atoms with Crippen LogP contribution in [0.25, 0.3) is 22.4 Å². The molecule has 1 aromatic heterocycles. The van der Waals surface area contributed by atoms with Crippen molar-refractivity contribution < 1.29 is 0 Å². The van der Waals surface area contributed by atoms with Gasteiger partial charge in [-0.3, -0.25) is 0 Å². The molecule has 0 spiro atoms. The molecule has 20 heavy (non-hydrogen) atoms. The number of hydrogen-bond donors (Lipinski definition) is 2. The van der Waals surface area contributed by atoms with Crippen molar-refractivity contribution in [2.75, 3.05) is 11.5 Å². The predicted molar refractivity (Wildman–Crippen MR) is 81.7 cm³/mol. The van der Waals surface area contributed by atoms with Crippen molar-refractivity contribution in [3.63, 3.8) is 0 Å². The van der Waals surface area contributed by atoms with Gasteiger partial charge in [0.05, 0.1) is 5.69 Å². The molecule has 0 aliphatic heterocycles. The minimum absolute atomic E-state index is 0.187. The van der Waals surface area contributed by atoms with Crippen LogP contribution in [-0.2, 0) is 0 Å². The Labute approximate surface area is 117 Å². The topological polar surface area (TPSA) is 77.8 Å². The number of anilines is 2. The van der Waals surface area contributed by atoms with Gasteiger partial charge in [0.25, 0.3) is 0 Å². The van der Waals surface area contributed by atoms with E-state index >= 15 is 0 Å². The molecule has 0 radical (unpaired) electrons. The van der Waals surface area contributed by atoms with Crippen LogP contribution >= 0.6 is 0 Å². The van der Waals surface area contributed by atoms with Gasteiger partial charge < -0.3 is 11.5 Å². The number of nitrogens with zero attached hydrogens (tertiary/aromatic N) is 2. The average molecular weight is 262 g/mol. The average Bonchev–Trinajstić information content (AvgIpc) is 2.47. The molecule has 3 aromatic rings. The number of nitrogen functional groups attached to an aromatic ring is 2. The summed E-state index contributed by atoms with van der Waals surface area (Å²) in [4.78, 5) is 8.06. The largest absolute Gasteiger partial charge is 0.384 e. The fourth-order valence-electron chi connectivity index (χ4n) is 2.10. The van der Waals surface area contributed by atoms with E-state index in [1.54, 1.807) is 6.07 Å². The van der Waals surface area contributed by atoms with Crippen molar-refractivity contribution >= 4 is 11.8 Å². The molecule has 0 atom stereocenters. The highest BCUT2D eigenvalue weighted by atomic mass is 15.0. The summed E-state index contributed by atoms with van der Waals surface area (Å²) in [6.07, 6.45) is 0. The molecule has 4 heteroatoms. The lowest BCUT2D eigenvalue weighted by Crippen LogP contribution is -2.00. The Kier molecular flexibility index (Phi) is 3.05. The zero-order valence-corrected chi connectivity index (χ0v) is 10.8. The number of benzene rings is 2. The normalized spacial score (nSPS) is 10.4. The maximum atomic E-state index is 5.69. The van der Waals surface area contributed by atoms with E-state index in [0.29, 0.717) is 5.82 Å². The molecule has 0 aliphatic carbocycles. The molecule has 0 amide bonds. The Hall–Kier alpha value is -2.88. The summed E-state index contributed by atoms with van der Waals surface area (Å²) in [6, 6.07) is 20.0.